The molecule has 0 radical (unpaired) electrons. The second-order valence-corrected chi connectivity index (χ2v) is 6.97. The fourth-order valence-corrected chi connectivity index (χ4v) is 3.64. The summed E-state index contributed by atoms with van der Waals surface area (Å²) in [6, 6.07) is 0.153. The van der Waals surface area contributed by atoms with Gasteiger partial charge in [0.2, 0.25) is 5.91 Å². The first kappa shape index (κ1) is 15.5. The van der Waals surface area contributed by atoms with Crippen LogP contribution in [-0.2, 0) is 16.1 Å². The number of rotatable bonds is 4. The minimum Gasteiger partial charge on any atom is -0.380 e. The number of fused-ring (bicyclic) bond motifs is 1. The summed E-state index contributed by atoms with van der Waals surface area (Å²) in [5, 5.41) is 7.09. The van der Waals surface area contributed by atoms with Crippen LogP contribution in [0.4, 0.5) is 0 Å². The van der Waals surface area contributed by atoms with Crippen LogP contribution in [0.3, 0.4) is 0 Å². The average molecular weight is 307 g/mol. The van der Waals surface area contributed by atoms with Crippen molar-refractivity contribution in [3.05, 3.63) is 17.0 Å². The normalized spacial score (nSPS) is 28.3. The van der Waals surface area contributed by atoms with E-state index >= 15 is 0 Å². The minimum atomic E-state index is -0.400. The van der Waals surface area contributed by atoms with Gasteiger partial charge in [-0.1, -0.05) is 5.16 Å². The molecule has 0 aliphatic carbocycles. The van der Waals surface area contributed by atoms with Gasteiger partial charge in [0.15, 0.2) is 0 Å². The molecule has 1 aromatic rings. The third-order valence-corrected chi connectivity index (χ3v) is 4.88. The number of ether oxygens (including phenoxy) is 1. The van der Waals surface area contributed by atoms with Gasteiger partial charge in [-0.15, -0.1) is 0 Å². The van der Waals surface area contributed by atoms with Gasteiger partial charge < -0.3 is 14.6 Å². The van der Waals surface area contributed by atoms with E-state index in [0.717, 1.165) is 36.7 Å². The van der Waals surface area contributed by atoms with Crippen LogP contribution in [0, 0.1) is 25.2 Å². The lowest BCUT2D eigenvalue weighted by atomic mass is 9.80. The van der Waals surface area contributed by atoms with Crippen LogP contribution < -0.4 is 5.32 Å². The van der Waals surface area contributed by atoms with Gasteiger partial charge in [0.05, 0.1) is 24.3 Å². The Balaban J connectivity index is 1.75. The number of nitrogens with zero attached hydrogens (tertiary/aromatic N) is 2. The summed E-state index contributed by atoms with van der Waals surface area (Å²) in [5.74, 6) is 1.27. The summed E-state index contributed by atoms with van der Waals surface area (Å²) in [4.78, 5) is 15.0. The molecular formula is C16H25N3O3. The van der Waals surface area contributed by atoms with Gasteiger partial charge in [-0.2, -0.15) is 0 Å². The quantitative estimate of drug-likeness (QED) is 0.907. The number of aromatic nitrogens is 1. The van der Waals surface area contributed by atoms with Gasteiger partial charge in [0.1, 0.15) is 5.76 Å². The SMILES string of the molecule is Cc1noc(C)c1CN1C[C@@H]2COC[C@]2(C(=O)NC(C)C)C1. The van der Waals surface area contributed by atoms with Gasteiger partial charge in [-0.3, -0.25) is 9.69 Å². The first-order valence-corrected chi connectivity index (χ1v) is 7.95. The van der Waals surface area contributed by atoms with Crippen LogP contribution >= 0.6 is 0 Å². The topological polar surface area (TPSA) is 67.6 Å². The van der Waals surface area contributed by atoms with E-state index in [-0.39, 0.29) is 17.9 Å². The van der Waals surface area contributed by atoms with E-state index in [2.05, 4.69) is 15.4 Å². The van der Waals surface area contributed by atoms with Crippen LogP contribution in [0.25, 0.3) is 0 Å². The molecule has 122 valence electrons. The molecule has 3 rings (SSSR count). The van der Waals surface area contributed by atoms with E-state index in [0.29, 0.717) is 13.2 Å². The van der Waals surface area contributed by atoms with Crippen molar-refractivity contribution in [2.45, 2.75) is 40.3 Å². The van der Waals surface area contributed by atoms with Crippen molar-refractivity contribution >= 4 is 5.91 Å². The summed E-state index contributed by atoms with van der Waals surface area (Å²) >= 11 is 0. The Morgan fingerprint density at radius 1 is 1.50 bits per heavy atom. The Morgan fingerprint density at radius 3 is 2.91 bits per heavy atom. The largest absolute Gasteiger partial charge is 0.380 e. The molecule has 1 amide bonds. The van der Waals surface area contributed by atoms with Crippen LogP contribution in [0.5, 0.6) is 0 Å². The summed E-state index contributed by atoms with van der Waals surface area (Å²) in [7, 11) is 0. The van der Waals surface area contributed by atoms with Gasteiger partial charge >= 0.3 is 0 Å². The molecule has 3 heterocycles. The van der Waals surface area contributed by atoms with Crippen molar-refractivity contribution < 1.29 is 14.1 Å². The van der Waals surface area contributed by atoms with Crippen molar-refractivity contribution in [2.24, 2.45) is 11.3 Å². The Bertz CT molecular complexity index is 549. The Labute approximate surface area is 131 Å². The summed E-state index contributed by atoms with van der Waals surface area (Å²) in [6.07, 6.45) is 0. The molecule has 0 bridgehead atoms. The summed E-state index contributed by atoms with van der Waals surface area (Å²) in [6.45, 7) is 11.5. The van der Waals surface area contributed by atoms with Crippen LogP contribution in [0.15, 0.2) is 4.52 Å². The van der Waals surface area contributed by atoms with Gasteiger partial charge in [0, 0.05) is 37.2 Å². The zero-order valence-corrected chi connectivity index (χ0v) is 13.8. The lowest BCUT2D eigenvalue weighted by molar-refractivity contribution is -0.132. The second-order valence-electron chi connectivity index (χ2n) is 6.97. The number of carbonyl (C=O) groups is 1. The molecular weight excluding hydrogens is 282 g/mol. The molecule has 2 aliphatic heterocycles. The van der Waals surface area contributed by atoms with Crippen LogP contribution in [0.2, 0.25) is 0 Å². The Kier molecular flexibility index (Phi) is 3.99. The molecule has 6 nitrogen and oxygen atoms in total. The highest BCUT2D eigenvalue weighted by Gasteiger charge is 2.55. The third-order valence-electron chi connectivity index (χ3n) is 4.88. The van der Waals surface area contributed by atoms with Crippen LogP contribution in [-0.4, -0.2) is 48.3 Å². The number of carbonyl (C=O) groups excluding carboxylic acids is 1. The molecule has 2 atom stereocenters. The highest BCUT2D eigenvalue weighted by molar-refractivity contribution is 5.84. The fourth-order valence-electron chi connectivity index (χ4n) is 3.64. The molecule has 1 aromatic heterocycles. The molecule has 6 heteroatoms. The van der Waals surface area contributed by atoms with E-state index in [1.54, 1.807) is 0 Å². The number of amides is 1. The second kappa shape index (κ2) is 5.66. The number of hydrogen-bond acceptors (Lipinski definition) is 5. The summed E-state index contributed by atoms with van der Waals surface area (Å²) < 4.78 is 10.9. The molecule has 0 spiro atoms. The lowest BCUT2D eigenvalue weighted by Crippen LogP contribution is -2.48. The predicted octanol–water partition coefficient (Wildman–Crippen LogP) is 1.26. The molecule has 2 saturated heterocycles. The summed E-state index contributed by atoms with van der Waals surface area (Å²) in [5.41, 5.74) is 1.68. The number of likely N-dealkylation sites (tertiary alicyclic amines) is 1. The van der Waals surface area contributed by atoms with Crippen molar-refractivity contribution in [2.75, 3.05) is 26.3 Å². The van der Waals surface area contributed by atoms with Crippen molar-refractivity contribution in [3.63, 3.8) is 0 Å². The predicted molar refractivity (Wildman–Crippen MR) is 81.3 cm³/mol. The highest BCUT2D eigenvalue weighted by Crippen LogP contribution is 2.42. The maximum Gasteiger partial charge on any atom is 0.230 e. The molecule has 0 saturated carbocycles. The fraction of sp³-hybridized carbons (Fsp3) is 0.750. The van der Waals surface area contributed by atoms with E-state index < -0.39 is 5.41 Å². The molecule has 0 unspecified atom stereocenters. The number of aryl methyl sites for hydroxylation is 2. The molecule has 2 fully saturated rings. The van der Waals surface area contributed by atoms with Gasteiger partial charge in [-0.05, 0) is 27.7 Å². The van der Waals surface area contributed by atoms with E-state index in [1.807, 2.05) is 27.7 Å². The number of hydrogen-bond donors (Lipinski definition) is 1. The van der Waals surface area contributed by atoms with Crippen LogP contribution in [0.1, 0.15) is 30.9 Å². The zero-order valence-electron chi connectivity index (χ0n) is 13.8. The van der Waals surface area contributed by atoms with E-state index in [4.69, 9.17) is 9.26 Å². The third kappa shape index (κ3) is 2.54. The van der Waals surface area contributed by atoms with E-state index in [9.17, 15) is 4.79 Å². The van der Waals surface area contributed by atoms with Gasteiger partial charge in [-0.25, -0.2) is 0 Å². The maximum atomic E-state index is 12.7. The minimum absolute atomic E-state index is 0.131. The average Bonchev–Trinajstić information content (AvgIpc) is 3.06. The van der Waals surface area contributed by atoms with Crippen molar-refractivity contribution in [1.29, 1.82) is 0 Å². The maximum absolute atomic E-state index is 12.7. The first-order valence-electron chi connectivity index (χ1n) is 7.95. The Morgan fingerprint density at radius 2 is 2.27 bits per heavy atom. The highest BCUT2D eigenvalue weighted by atomic mass is 16.5. The first-order chi connectivity index (χ1) is 10.4. The van der Waals surface area contributed by atoms with Crippen molar-refractivity contribution in [1.82, 2.24) is 15.4 Å². The lowest BCUT2D eigenvalue weighted by Gasteiger charge is -2.27. The Hall–Kier alpha value is -1.40. The molecule has 2 aliphatic rings. The van der Waals surface area contributed by atoms with E-state index in [1.165, 1.54) is 0 Å². The smallest absolute Gasteiger partial charge is 0.230 e. The van der Waals surface area contributed by atoms with Gasteiger partial charge in [0.25, 0.3) is 0 Å². The zero-order chi connectivity index (χ0) is 15.9. The molecule has 1 N–H and O–H groups in total. The number of nitrogens with one attached hydrogen (secondary N) is 1. The monoisotopic (exact) mass is 307 g/mol. The standard InChI is InChI=1S/C16H25N3O3/c1-10(2)17-15(20)16-8-19(5-13(16)7-21-9-16)6-14-11(3)18-22-12(14)4/h10,13H,5-9H2,1-4H3,(H,17,20)/t13-,16-/m1/s1. The molecule has 0 aromatic carbocycles. The van der Waals surface area contributed by atoms with Crippen molar-refractivity contribution in [3.8, 4) is 0 Å². The molecule has 22 heavy (non-hydrogen) atoms.